The molecule has 1 aromatic carbocycles. The van der Waals surface area contributed by atoms with Gasteiger partial charge < -0.3 is 15.4 Å². The highest BCUT2D eigenvalue weighted by Gasteiger charge is 2.09. The van der Waals surface area contributed by atoms with E-state index in [4.69, 9.17) is 4.74 Å². The van der Waals surface area contributed by atoms with Gasteiger partial charge in [-0.25, -0.2) is 4.98 Å². The Kier molecular flexibility index (Phi) is 5.68. The maximum Gasteiger partial charge on any atom is 0.239 e. The minimum absolute atomic E-state index is 0.0520. The average Bonchev–Trinajstić information content (AvgIpc) is 2.54. The van der Waals surface area contributed by atoms with Gasteiger partial charge in [-0.1, -0.05) is 24.3 Å². The Morgan fingerprint density at radius 1 is 1.13 bits per heavy atom. The first-order chi connectivity index (χ1) is 11.1. The highest BCUT2D eigenvalue weighted by molar-refractivity contribution is 5.83. The lowest BCUT2D eigenvalue weighted by atomic mass is 10.2. The quantitative estimate of drug-likeness (QED) is 0.854. The van der Waals surface area contributed by atoms with Gasteiger partial charge in [0.2, 0.25) is 17.7 Å². The first-order valence-electron chi connectivity index (χ1n) is 7.25. The van der Waals surface area contributed by atoms with Gasteiger partial charge in [0.1, 0.15) is 5.75 Å². The Morgan fingerprint density at radius 2 is 1.91 bits per heavy atom. The average molecular weight is 313 g/mol. The van der Waals surface area contributed by atoms with E-state index in [2.05, 4.69) is 15.6 Å². The van der Waals surface area contributed by atoms with Crippen molar-refractivity contribution < 1.29 is 14.3 Å². The standard InChI is InChI=1S/C17H19N3O3/c1-12-6-3-4-8-15(12)23-17-14(7-5-9-18-17)10-20-16(22)11-19-13(2)21/h3-9H,10-11H2,1-2H3,(H,19,21)(H,20,22). The predicted octanol–water partition coefficient (Wildman–Crippen LogP) is 1.93. The number of carbonyl (C=O) groups is 2. The third kappa shape index (κ3) is 5.10. The Balaban J connectivity index is 2.02. The van der Waals surface area contributed by atoms with Crippen LogP contribution in [0.5, 0.6) is 11.6 Å². The molecule has 0 fully saturated rings. The van der Waals surface area contributed by atoms with Crippen LogP contribution < -0.4 is 15.4 Å². The van der Waals surface area contributed by atoms with Gasteiger partial charge >= 0.3 is 0 Å². The third-order valence-electron chi connectivity index (χ3n) is 3.12. The summed E-state index contributed by atoms with van der Waals surface area (Å²) in [5.41, 5.74) is 1.76. The fourth-order valence-corrected chi connectivity index (χ4v) is 1.89. The zero-order valence-electron chi connectivity index (χ0n) is 13.1. The molecule has 0 radical (unpaired) electrons. The number of para-hydroxylation sites is 1. The molecule has 6 heteroatoms. The number of nitrogens with one attached hydrogen (secondary N) is 2. The Labute approximate surface area is 134 Å². The van der Waals surface area contributed by atoms with E-state index >= 15 is 0 Å². The van der Waals surface area contributed by atoms with Crippen LogP contribution in [-0.4, -0.2) is 23.3 Å². The highest BCUT2D eigenvalue weighted by atomic mass is 16.5. The number of aryl methyl sites for hydroxylation is 1. The van der Waals surface area contributed by atoms with Crippen LogP contribution in [0.1, 0.15) is 18.1 Å². The first kappa shape index (κ1) is 16.5. The molecule has 0 aliphatic rings. The number of hydrogen-bond donors (Lipinski definition) is 2. The van der Waals surface area contributed by atoms with Crippen LogP contribution in [0.3, 0.4) is 0 Å². The summed E-state index contributed by atoms with van der Waals surface area (Å²) in [5.74, 6) is 0.648. The van der Waals surface area contributed by atoms with Gasteiger partial charge in [0, 0.05) is 25.2 Å². The molecule has 6 nitrogen and oxygen atoms in total. The van der Waals surface area contributed by atoms with E-state index in [0.29, 0.717) is 5.88 Å². The van der Waals surface area contributed by atoms with Crippen molar-refractivity contribution in [2.75, 3.05) is 6.54 Å². The summed E-state index contributed by atoms with van der Waals surface area (Å²) in [7, 11) is 0. The van der Waals surface area contributed by atoms with Gasteiger partial charge in [0.05, 0.1) is 6.54 Å². The zero-order valence-corrected chi connectivity index (χ0v) is 13.1. The molecule has 2 N–H and O–H groups in total. The van der Waals surface area contributed by atoms with Crippen molar-refractivity contribution in [3.05, 3.63) is 53.7 Å². The van der Waals surface area contributed by atoms with E-state index in [1.54, 1.807) is 12.3 Å². The molecule has 2 rings (SSSR count). The van der Waals surface area contributed by atoms with Crippen LogP contribution >= 0.6 is 0 Å². The van der Waals surface area contributed by atoms with Crippen molar-refractivity contribution in [2.24, 2.45) is 0 Å². The molecule has 2 amide bonds. The number of nitrogens with zero attached hydrogens (tertiary/aromatic N) is 1. The number of pyridine rings is 1. The molecule has 0 aliphatic carbocycles. The van der Waals surface area contributed by atoms with E-state index in [-0.39, 0.29) is 24.9 Å². The number of hydrogen-bond acceptors (Lipinski definition) is 4. The fourth-order valence-electron chi connectivity index (χ4n) is 1.89. The molecule has 0 aliphatic heterocycles. The third-order valence-corrected chi connectivity index (χ3v) is 3.12. The molecular formula is C17H19N3O3. The summed E-state index contributed by atoms with van der Waals surface area (Å²) >= 11 is 0. The second kappa shape index (κ2) is 7.93. The maximum atomic E-state index is 11.7. The van der Waals surface area contributed by atoms with Crippen molar-refractivity contribution in [1.29, 1.82) is 0 Å². The van der Waals surface area contributed by atoms with Crippen LogP contribution in [0.15, 0.2) is 42.6 Å². The molecule has 0 unspecified atom stereocenters. The fraction of sp³-hybridized carbons (Fsp3) is 0.235. The minimum Gasteiger partial charge on any atom is -0.438 e. The summed E-state index contributed by atoms with van der Waals surface area (Å²) in [6, 6.07) is 11.2. The van der Waals surface area contributed by atoms with Gasteiger partial charge in [-0.05, 0) is 24.6 Å². The minimum atomic E-state index is -0.272. The SMILES string of the molecule is CC(=O)NCC(=O)NCc1cccnc1Oc1ccccc1C. The van der Waals surface area contributed by atoms with E-state index in [1.807, 2.05) is 37.3 Å². The van der Waals surface area contributed by atoms with Gasteiger partial charge in [0.15, 0.2) is 0 Å². The van der Waals surface area contributed by atoms with E-state index in [0.717, 1.165) is 16.9 Å². The van der Waals surface area contributed by atoms with Gasteiger partial charge in [-0.15, -0.1) is 0 Å². The number of aromatic nitrogens is 1. The summed E-state index contributed by atoms with van der Waals surface area (Å²) in [6.07, 6.45) is 1.64. The monoisotopic (exact) mass is 313 g/mol. The van der Waals surface area contributed by atoms with Crippen molar-refractivity contribution in [2.45, 2.75) is 20.4 Å². The number of benzene rings is 1. The normalized spacial score (nSPS) is 10.0. The Bertz CT molecular complexity index is 701. The smallest absolute Gasteiger partial charge is 0.239 e. The number of carbonyl (C=O) groups excluding carboxylic acids is 2. The second-order valence-corrected chi connectivity index (χ2v) is 5.02. The lowest BCUT2D eigenvalue weighted by molar-refractivity contribution is -0.125. The lowest BCUT2D eigenvalue weighted by Crippen LogP contribution is -2.35. The molecule has 0 atom stereocenters. The molecule has 1 heterocycles. The molecule has 23 heavy (non-hydrogen) atoms. The van der Waals surface area contributed by atoms with E-state index in [9.17, 15) is 9.59 Å². The first-order valence-corrected chi connectivity index (χ1v) is 7.25. The molecule has 0 bridgehead atoms. The lowest BCUT2D eigenvalue weighted by Gasteiger charge is -2.12. The molecule has 2 aromatic rings. The molecule has 0 saturated heterocycles. The predicted molar refractivity (Wildman–Crippen MR) is 86.0 cm³/mol. The van der Waals surface area contributed by atoms with E-state index in [1.165, 1.54) is 6.92 Å². The maximum absolute atomic E-state index is 11.7. The Morgan fingerprint density at radius 3 is 2.65 bits per heavy atom. The number of amides is 2. The summed E-state index contributed by atoms with van der Waals surface area (Å²) in [5, 5.41) is 5.17. The van der Waals surface area contributed by atoms with Crippen LogP contribution in [0.4, 0.5) is 0 Å². The van der Waals surface area contributed by atoms with Crippen LogP contribution in [0.2, 0.25) is 0 Å². The topological polar surface area (TPSA) is 80.3 Å². The largest absolute Gasteiger partial charge is 0.438 e. The highest BCUT2D eigenvalue weighted by Crippen LogP contribution is 2.25. The molecular weight excluding hydrogens is 294 g/mol. The second-order valence-electron chi connectivity index (χ2n) is 5.02. The van der Waals surface area contributed by atoms with Crippen molar-refractivity contribution in [1.82, 2.24) is 15.6 Å². The van der Waals surface area contributed by atoms with Gasteiger partial charge in [-0.2, -0.15) is 0 Å². The number of ether oxygens (including phenoxy) is 1. The molecule has 1 aromatic heterocycles. The molecule has 0 spiro atoms. The molecule has 0 saturated carbocycles. The zero-order chi connectivity index (χ0) is 16.7. The number of rotatable bonds is 6. The van der Waals surface area contributed by atoms with Crippen molar-refractivity contribution in [3.63, 3.8) is 0 Å². The summed E-state index contributed by atoms with van der Waals surface area (Å²) in [6.45, 7) is 3.53. The van der Waals surface area contributed by atoms with Crippen molar-refractivity contribution >= 4 is 11.8 Å². The van der Waals surface area contributed by atoms with E-state index < -0.39 is 0 Å². The van der Waals surface area contributed by atoms with Gasteiger partial charge in [0.25, 0.3) is 0 Å². The summed E-state index contributed by atoms with van der Waals surface area (Å²) in [4.78, 5) is 26.7. The van der Waals surface area contributed by atoms with Crippen LogP contribution in [0, 0.1) is 6.92 Å². The van der Waals surface area contributed by atoms with Crippen molar-refractivity contribution in [3.8, 4) is 11.6 Å². The Hall–Kier alpha value is -2.89. The van der Waals surface area contributed by atoms with Gasteiger partial charge in [-0.3, -0.25) is 9.59 Å². The summed E-state index contributed by atoms with van der Waals surface area (Å²) < 4.78 is 5.84. The van der Waals surface area contributed by atoms with Crippen LogP contribution in [0.25, 0.3) is 0 Å². The van der Waals surface area contributed by atoms with Crippen LogP contribution in [-0.2, 0) is 16.1 Å². The molecule has 120 valence electrons.